The predicted molar refractivity (Wildman–Crippen MR) is 116 cm³/mol. The van der Waals surface area contributed by atoms with Crippen molar-refractivity contribution in [2.24, 2.45) is 6.98 Å². The third-order valence-corrected chi connectivity index (χ3v) is 6.43. The molecule has 0 unspecified atom stereocenters. The Morgan fingerprint density at radius 2 is 2.12 bits per heavy atom. The van der Waals surface area contributed by atoms with Crippen LogP contribution in [0.2, 0.25) is 0 Å². The van der Waals surface area contributed by atoms with Crippen LogP contribution in [0.3, 0.4) is 0 Å². The molecule has 0 aliphatic carbocycles. The zero-order chi connectivity index (χ0) is 27.7. The number of rotatable bonds is 4. The normalized spacial score (nSPS) is 32.8. The molecule has 4 atom stereocenters. The number of hydrogen-bond donors (Lipinski definition) is 2. The van der Waals surface area contributed by atoms with Crippen LogP contribution in [0, 0.1) is 0 Å². The molecular weight excluding hydrogens is 413 g/mol. The summed E-state index contributed by atoms with van der Waals surface area (Å²) in [5, 5.41) is 33.0. The van der Waals surface area contributed by atoms with Crippen LogP contribution in [0.4, 0.5) is 10.2 Å². The number of alkyl halides is 1. The summed E-state index contributed by atoms with van der Waals surface area (Å²) in [4.78, 5) is 5.68. The fraction of sp³-hybridized carbons (Fsp3) is 0.524. The second kappa shape index (κ2) is 7.16. The number of aromatic nitrogens is 7. The molecule has 3 aromatic rings. The van der Waals surface area contributed by atoms with E-state index in [2.05, 4.69) is 35.9 Å². The zero-order valence-electron chi connectivity index (χ0n) is 23.5. The van der Waals surface area contributed by atoms with Crippen molar-refractivity contribution < 1.29 is 17.7 Å². The highest BCUT2D eigenvalue weighted by molar-refractivity contribution is 5.69. The predicted octanol–water partition coefficient (Wildman–Crippen LogP) is 1.88. The number of nitrogens with zero attached hydrogens (tertiary/aromatic N) is 8. The number of aryl methyl sites for hydroxylation is 1. The molecule has 2 aliphatic heterocycles. The Balaban J connectivity index is 1.43. The third kappa shape index (κ3) is 3.36. The first-order valence-corrected chi connectivity index (χ1v) is 10.2. The van der Waals surface area contributed by atoms with E-state index in [0.717, 1.165) is 11.3 Å². The van der Waals surface area contributed by atoms with E-state index in [1.165, 1.54) is 24.4 Å². The van der Waals surface area contributed by atoms with Gasteiger partial charge in [-0.3, -0.25) is 0 Å². The molecule has 5 rings (SSSR count). The average molecular weight is 446 g/mol. The highest BCUT2D eigenvalue weighted by Crippen LogP contribution is 2.45. The summed E-state index contributed by atoms with van der Waals surface area (Å²) in [5.41, 5.74) is -0.765. The molecule has 0 amide bonds. The highest BCUT2D eigenvalue weighted by atomic mass is 19.1. The molecule has 0 saturated carbocycles. The van der Waals surface area contributed by atoms with Gasteiger partial charge >= 0.3 is 0 Å². The maximum absolute atomic E-state index is 15.7. The SMILES string of the molecule is [2H]C([2H])([2H])N(c1cnc(-c2ccc(-c3nnn(C([2H])([2H])[2H])n3)cc2O)nn1)[C@@H]1C[C@@]2(C)CC[C@](C)(N2)[C@@H]1F. The summed E-state index contributed by atoms with van der Waals surface area (Å²) in [5.74, 6) is -0.376. The Morgan fingerprint density at radius 3 is 2.81 bits per heavy atom. The first-order chi connectivity index (χ1) is 17.6. The number of phenolic OH excluding ortho intramolecular Hbond substituents is 1. The number of benzene rings is 1. The second-order valence-electron chi connectivity index (χ2n) is 8.92. The maximum Gasteiger partial charge on any atom is 0.205 e. The molecule has 2 fully saturated rings. The van der Waals surface area contributed by atoms with Gasteiger partial charge in [0.1, 0.15) is 11.9 Å². The molecule has 2 aromatic heterocycles. The second-order valence-corrected chi connectivity index (χ2v) is 8.92. The number of aromatic hydroxyl groups is 1. The fourth-order valence-corrected chi connectivity index (χ4v) is 4.78. The van der Waals surface area contributed by atoms with Crippen molar-refractivity contribution in [3.05, 3.63) is 24.4 Å². The summed E-state index contributed by atoms with van der Waals surface area (Å²) in [6, 6.07) is 3.30. The van der Waals surface area contributed by atoms with Crippen LogP contribution < -0.4 is 10.2 Å². The minimum Gasteiger partial charge on any atom is -0.507 e. The van der Waals surface area contributed by atoms with Gasteiger partial charge in [-0.15, -0.1) is 20.4 Å². The summed E-state index contributed by atoms with van der Waals surface area (Å²) < 4.78 is 62.0. The lowest BCUT2D eigenvalue weighted by Crippen LogP contribution is -2.65. The number of anilines is 1. The average Bonchev–Trinajstić information content (AvgIpc) is 3.41. The molecule has 2 N–H and O–H groups in total. The van der Waals surface area contributed by atoms with Crippen molar-refractivity contribution in [2.45, 2.75) is 56.4 Å². The fourth-order valence-electron chi connectivity index (χ4n) is 4.78. The summed E-state index contributed by atoms with van der Waals surface area (Å²) in [6.45, 7) is -1.55. The number of halogens is 1. The van der Waals surface area contributed by atoms with Gasteiger partial charge in [0.05, 0.1) is 24.8 Å². The zero-order valence-corrected chi connectivity index (χ0v) is 17.5. The Hall–Kier alpha value is -3.21. The van der Waals surface area contributed by atoms with E-state index in [1.54, 1.807) is 6.92 Å². The first-order valence-electron chi connectivity index (χ1n) is 13.2. The first kappa shape index (κ1) is 14.8. The monoisotopic (exact) mass is 445 g/mol. The standard InChI is InChI=1S/C21H26FN9O/c1-20-7-8-21(2,28-20)17(22)14(10-20)30(3)16-11-23-19(25-24-16)13-6-5-12(9-15(13)32)18-26-29-31(4)27-18/h5-6,9,11,14,17,28,32H,7-8,10H2,1-4H3/t14-,17-,20-,21+/m1/s1/i3D3,4D3. The molecular formula is C21H26FN9O. The Bertz CT molecular complexity index is 1350. The van der Waals surface area contributed by atoms with Gasteiger partial charge in [-0.25, -0.2) is 9.37 Å². The van der Waals surface area contributed by atoms with Gasteiger partial charge < -0.3 is 15.3 Å². The minimum absolute atomic E-state index is 0.00324. The minimum atomic E-state index is -2.70. The van der Waals surface area contributed by atoms with Gasteiger partial charge in [-0.2, -0.15) is 4.80 Å². The molecule has 168 valence electrons. The van der Waals surface area contributed by atoms with E-state index in [9.17, 15) is 5.11 Å². The maximum atomic E-state index is 15.7. The Labute approximate surface area is 193 Å². The lowest BCUT2D eigenvalue weighted by molar-refractivity contribution is 0.0859. The topological polar surface area (TPSA) is 118 Å². The number of phenols is 1. The molecule has 2 aliphatic rings. The number of hydrogen-bond acceptors (Lipinski definition) is 9. The largest absolute Gasteiger partial charge is 0.507 e. The van der Waals surface area contributed by atoms with Gasteiger partial charge in [-0.05, 0) is 50.5 Å². The van der Waals surface area contributed by atoms with E-state index < -0.39 is 37.2 Å². The van der Waals surface area contributed by atoms with E-state index in [-0.39, 0.29) is 35.2 Å². The molecule has 2 bridgehead atoms. The molecule has 32 heavy (non-hydrogen) atoms. The molecule has 11 heteroatoms. The molecule has 0 spiro atoms. The lowest BCUT2D eigenvalue weighted by Gasteiger charge is -2.47. The highest BCUT2D eigenvalue weighted by Gasteiger charge is 2.56. The van der Waals surface area contributed by atoms with Crippen LogP contribution in [0.25, 0.3) is 22.8 Å². The Kier molecular flexibility index (Phi) is 3.30. The van der Waals surface area contributed by atoms with Gasteiger partial charge in [0.25, 0.3) is 0 Å². The number of tetrazole rings is 1. The van der Waals surface area contributed by atoms with Crippen LogP contribution >= 0.6 is 0 Å². The van der Waals surface area contributed by atoms with Crippen molar-refractivity contribution in [3.8, 4) is 28.5 Å². The van der Waals surface area contributed by atoms with Gasteiger partial charge in [-0.1, -0.05) is 6.07 Å². The van der Waals surface area contributed by atoms with Crippen LogP contribution in [0.1, 0.15) is 41.3 Å². The van der Waals surface area contributed by atoms with E-state index in [0.29, 0.717) is 16.8 Å². The molecule has 10 nitrogen and oxygen atoms in total. The van der Waals surface area contributed by atoms with E-state index in [1.807, 2.05) is 6.92 Å². The van der Waals surface area contributed by atoms with E-state index >= 15 is 4.39 Å². The van der Waals surface area contributed by atoms with Crippen LogP contribution in [0.5, 0.6) is 5.75 Å². The van der Waals surface area contributed by atoms with Crippen LogP contribution in [-0.4, -0.2) is 70.8 Å². The molecule has 1 aromatic carbocycles. The summed E-state index contributed by atoms with van der Waals surface area (Å²) in [7, 11) is 0. The van der Waals surface area contributed by atoms with Crippen molar-refractivity contribution in [3.63, 3.8) is 0 Å². The van der Waals surface area contributed by atoms with E-state index in [4.69, 9.17) is 8.22 Å². The summed E-state index contributed by atoms with van der Waals surface area (Å²) in [6.07, 6.45) is 1.33. The van der Waals surface area contributed by atoms with Crippen molar-refractivity contribution >= 4 is 5.82 Å². The smallest absolute Gasteiger partial charge is 0.205 e. The van der Waals surface area contributed by atoms with Gasteiger partial charge in [0.15, 0.2) is 11.6 Å². The third-order valence-electron chi connectivity index (χ3n) is 6.43. The quantitative estimate of drug-likeness (QED) is 0.620. The number of piperidine rings is 1. The number of nitrogens with one attached hydrogen (secondary N) is 1. The molecule has 2 saturated heterocycles. The Morgan fingerprint density at radius 1 is 1.25 bits per heavy atom. The lowest BCUT2D eigenvalue weighted by atomic mass is 9.82. The van der Waals surface area contributed by atoms with Crippen LogP contribution in [-0.2, 0) is 6.98 Å². The van der Waals surface area contributed by atoms with Crippen molar-refractivity contribution in [1.82, 2.24) is 40.7 Å². The van der Waals surface area contributed by atoms with Gasteiger partial charge in [0.2, 0.25) is 5.82 Å². The van der Waals surface area contributed by atoms with Gasteiger partial charge in [0, 0.05) is 31.8 Å². The van der Waals surface area contributed by atoms with Crippen molar-refractivity contribution in [1.29, 1.82) is 0 Å². The molecule has 4 heterocycles. The van der Waals surface area contributed by atoms with Crippen molar-refractivity contribution in [2.75, 3.05) is 11.9 Å². The number of fused-ring (bicyclic) bond motifs is 2. The molecule has 0 radical (unpaired) electrons. The summed E-state index contributed by atoms with van der Waals surface area (Å²) >= 11 is 0. The van der Waals surface area contributed by atoms with Crippen LogP contribution in [0.15, 0.2) is 24.4 Å².